The molecule has 2 heterocycles. The van der Waals surface area contributed by atoms with Crippen LogP contribution in [0.15, 0.2) is 64.8 Å². The first-order valence-electron chi connectivity index (χ1n) is 11.1. The van der Waals surface area contributed by atoms with E-state index in [0.29, 0.717) is 28.5 Å². The summed E-state index contributed by atoms with van der Waals surface area (Å²) in [5.41, 5.74) is 2.80. The summed E-state index contributed by atoms with van der Waals surface area (Å²) in [6.07, 6.45) is 1.62. The van der Waals surface area contributed by atoms with Gasteiger partial charge in [-0.1, -0.05) is 42.4 Å². The van der Waals surface area contributed by atoms with Crippen LogP contribution in [-0.4, -0.2) is 48.0 Å². The molecular weight excluding hydrogens is 474 g/mol. The lowest BCUT2D eigenvalue weighted by atomic mass is 9.93. The van der Waals surface area contributed by atoms with Gasteiger partial charge in [-0.3, -0.25) is 4.79 Å². The minimum Gasteiger partial charge on any atom is -0.484 e. The van der Waals surface area contributed by atoms with Crippen molar-refractivity contribution in [3.05, 3.63) is 70.4 Å². The SMILES string of the molecule is CCC1=C(C(=O)OC)C(c2cccc(NC(=O)COc3ccc(Cl)cc3)c2)N2CCCSC2=N1. The van der Waals surface area contributed by atoms with Gasteiger partial charge < -0.3 is 19.7 Å². The normalized spacial score (nSPS) is 17.6. The third-order valence-electron chi connectivity index (χ3n) is 5.56. The number of rotatable bonds is 7. The second-order valence-corrected chi connectivity index (χ2v) is 9.31. The van der Waals surface area contributed by atoms with E-state index < -0.39 is 0 Å². The van der Waals surface area contributed by atoms with E-state index in [0.717, 1.165) is 35.1 Å². The van der Waals surface area contributed by atoms with Crippen molar-refractivity contribution in [1.82, 2.24) is 4.90 Å². The number of halogens is 1. The van der Waals surface area contributed by atoms with E-state index in [2.05, 4.69) is 10.2 Å². The summed E-state index contributed by atoms with van der Waals surface area (Å²) >= 11 is 7.58. The van der Waals surface area contributed by atoms with Gasteiger partial charge >= 0.3 is 5.97 Å². The van der Waals surface area contributed by atoms with Crippen LogP contribution in [0, 0.1) is 0 Å². The maximum Gasteiger partial charge on any atom is 0.338 e. The van der Waals surface area contributed by atoms with Crippen LogP contribution in [0.5, 0.6) is 5.75 Å². The molecule has 1 saturated heterocycles. The number of amidine groups is 1. The van der Waals surface area contributed by atoms with Crippen molar-refractivity contribution < 1.29 is 19.1 Å². The van der Waals surface area contributed by atoms with Gasteiger partial charge in [0.15, 0.2) is 11.8 Å². The summed E-state index contributed by atoms with van der Waals surface area (Å²) in [7, 11) is 1.39. The van der Waals surface area contributed by atoms with E-state index in [9.17, 15) is 9.59 Å². The molecule has 0 aromatic heterocycles. The highest BCUT2D eigenvalue weighted by Crippen LogP contribution is 2.41. The second kappa shape index (κ2) is 11.0. The topological polar surface area (TPSA) is 80.2 Å². The standard InChI is InChI=1S/C25H26ClN3O4S/c1-3-20-22(24(31)32-2)23(29-12-5-13-34-25(29)28-20)16-6-4-7-18(14-16)27-21(30)15-33-19-10-8-17(26)9-11-19/h4,6-11,14,23H,3,5,12-13,15H2,1-2H3,(H,27,30). The Kier molecular flexibility index (Phi) is 7.80. The van der Waals surface area contributed by atoms with Crippen molar-refractivity contribution in [3.63, 3.8) is 0 Å². The second-order valence-electron chi connectivity index (χ2n) is 7.81. The van der Waals surface area contributed by atoms with E-state index in [-0.39, 0.29) is 24.5 Å². The van der Waals surface area contributed by atoms with E-state index in [4.69, 9.17) is 26.1 Å². The maximum atomic E-state index is 12.8. The molecule has 1 amide bonds. The Morgan fingerprint density at radius 3 is 2.76 bits per heavy atom. The van der Waals surface area contributed by atoms with E-state index in [1.54, 1.807) is 36.0 Å². The van der Waals surface area contributed by atoms with Gasteiger partial charge in [0.2, 0.25) is 0 Å². The number of methoxy groups -OCH3 is 1. The van der Waals surface area contributed by atoms with Gasteiger partial charge in [-0.05, 0) is 54.8 Å². The van der Waals surface area contributed by atoms with Crippen LogP contribution in [0.3, 0.4) is 0 Å². The number of amides is 1. The van der Waals surface area contributed by atoms with Crippen LogP contribution < -0.4 is 10.1 Å². The van der Waals surface area contributed by atoms with Gasteiger partial charge in [0, 0.05) is 23.0 Å². The zero-order chi connectivity index (χ0) is 24.1. The number of thioether (sulfide) groups is 1. The van der Waals surface area contributed by atoms with Gasteiger partial charge in [-0.25, -0.2) is 9.79 Å². The molecule has 178 valence electrons. The molecule has 1 fully saturated rings. The quantitative estimate of drug-likeness (QED) is 0.537. The van der Waals surface area contributed by atoms with Crippen LogP contribution in [0.2, 0.25) is 5.02 Å². The number of ether oxygens (including phenoxy) is 2. The average molecular weight is 500 g/mol. The molecule has 2 aliphatic heterocycles. The molecule has 2 aromatic carbocycles. The number of hydrogen-bond acceptors (Lipinski definition) is 7. The van der Waals surface area contributed by atoms with Gasteiger partial charge in [-0.15, -0.1) is 0 Å². The van der Waals surface area contributed by atoms with Crippen molar-refractivity contribution in [2.75, 3.05) is 31.3 Å². The van der Waals surface area contributed by atoms with Crippen LogP contribution in [0.4, 0.5) is 5.69 Å². The number of nitrogens with zero attached hydrogens (tertiary/aromatic N) is 2. The van der Waals surface area contributed by atoms with Crippen LogP contribution in [-0.2, 0) is 14.3 Å². The molecule has 2 aromatic rings. The number of carbonyl (C=O) groups excluding carboxylic acids is 2. The Bertz CT molecular complexity index is 1130. The summed E-state index contributed by atoms with van der Waals surface area (Å²) in [6.45, 7) is 2.64. The zero-order valence-corrected chi connectivity index (χ0v) is 20.6. The predicted octanol–water partition coefficient (Wildman–Crippen LogP) is 5.04. The maximum absolute atomic E-state index is 12.8. The molecule has 0 spiro atoms. The number of carbonyl (C=O) groups is 2. The van der Waals surface area contributed by atoms with Crippen molar-refractivity contribution >= 4 is 46.1 Å². The average Bonchev–Trinajstić information content (AvgIpc) is 2.86. The highest BCUT2D eigenvalue weighted by atomic mass is 35.5. The summed E-state index contributed by atoms with van der Waals surface area (Å²) in [5, 5.41) is 4.41. The Labute approximate surface area is 208 Å². The predicted molar refractivity (Wildman–Crippen MR) is 135 cm³/mol. The first-order valence-corrected chi connectivity index (χ1v) is 12.4. The summed E-state index contributed by atoms with van der Waals surface area (Å²) in [5.74, 6) is 0.886. The molecule has 1 unspecified atom stereocenters. The van der Waals surface area contributed by atoms with Crippen molar-refractivity contribution in [2.24, 2.45) is 4.99 Å². The molecule has 2 aliphatic rings. The van der Waals surface area contributed by atoms with Gasteiger partial charge in [0.05, 0.1) is 24.4 Å². The smallest absolute Gasteiger partial charge is 0.338 e. The van der Waals surface area contributed by atoms with E-state index >= 15 is 0 Å². The summed E-state index contributed by atoms with van der Waals surface area (Å²) < 4.78 is 10.7. The molecule has 0 saturated carbocycles. The monoisotopic (exact) mass is 499 g/mol. The first-order chi connectivity index (χ1) is 16.5. The molecule has 4 rings (SSSR count). The Hall–Kier alpha value is -2.97. The van der Waals surface area contributed by atoms with Crippen LogP contribution >= 0.6 is 23.4 Å². The Morgan fingerprint density at radius 1 is 1.24 bits per heavy atom. The summed E-state index contributed by atoms with van der Waals surface area (Å²) in [6, 6.07) is 14.0. The van der Waals surface area contributed by atoms with Crippen LogP contribution in [0.1, 0.15) is 31.4 Å². The number of aliphatic imine (C=N–C) groups is 1. The molecular formula is C25H26ClN3O4S. The summed E-state index contributed by atoms with van der Waals surface area (Å²) in [4.78, 5) is 32.3. The lowest BCUT2D eigenvalue weighted by molar-refractivity contribution is -0.137. The molecule has 0 bridgehead atoms. The molecule has 34 heavy (non-hydrogen) atoms. The largest absolute Gasteiger partial charge is 0.484 e. The zero-order valence-electron chi connectivity index (χ0n) is 19.0. The molecule has 1 N–H and O–H groups in total. The molecule has 7 nitrogen and oxygen atoms in total. The van der Waals surface area contributed by atoms with Crippen molar-refractivity contribution in [2.45, 2.75) is 25.8 Å². The fourth-order valence-electron chi connectivity index (χ4n) is 4.02. The first kappa shape index (κ1) is 24.2. The van der Waals surface area contributed by atoms with E-state index in [1.165, 1.54) is 7.11 Å². The minimum atomic E-state index is -0.383. The van der Waals surface area contributed by atoms with Gasteiger partial charge in [0.1, 0.15) is 5.75 Å². The number of esters is 1. The Morgan fingerprint density at radius 2 is 2.03 bits per heavy atom. The molecule has 0 aliphatic carbocycles. The third kappa shape index (κ3) is 5.39. The molecule has 0 radical (unpaired) electrons. The number of anilines is 1. The van der Waals surface area contributed by atoms with Crippen molar-refractivity contribution in [1.29, 1.82) is 0 Å². The number of allylic oxidation sites excluding steroid dienone is 1. The van der Waals surface area contributed by atoms with Gasteiger partial charge in [0.25, 0.3) is 5.91 Å². The Balaban J connectivity index is 1.56. The number of benzene rings is 2. The number of nitrogens with one attached hydrogen (secondary N) is 1. The molecule has 1 atom stereocenters. The van der Waals surface area contributed by atoms with Gasteiger partial charge in [-0.2, -0.15) is 0 Å². The third-order valence-corrected chi connectivity index (χ3v) is 6.89. The fourth-order valence-corrected chi connectivity index (χ4v) is 5.14. The highest BCUT2D eigenvalue weighted by molar-refractivity contribution is 8.13. The number of hydrogen-bond donors (Lipinski definition) is 1. The van der Waals surface area contributed by atoms with Crippen molar-refractivity contribution in [3.8, 4) is 5.75 Å². The molecule has 9 heteroatoms. The lowest BCUT2D eigenvalue weighted by Gasteiger charge is -2.40. The lowest BCUT2D eigenvalue weighted by Crippen LogP contribution is -2.42. The van der Waals surface area contributed by atoms with E-state index in [1.807, 2.05) is 31.2 Å². The minimum absolute atomic E-state index is 0.137. The fraction of sp³-hybridized carbons (Fsp3) is 0.320. The number of fused-ring (bicyclic) bond motifs is 1. The van der Waals surface area contributed by atoms with Crippen LogP contribution in [0.25, 0.3) is 0 Å². The highest BCUT2D eigenvalue weighted by Gasteiger charge is 2.38.